The van der Waals surface area contributed by atoms with E-state index in [0.717, 1.165) is 22.4 Å². The summed E-state index contributed by atoms with van der Waals surface area (Å²) < 4.78 is 5.68. The fourth-order valence-electron chi connectivity index (χ4n) is 2.65. The maximum Gasteiger partial charge on any atom is 0.277 e. The summed E-state index contributed by atoms with van der Waals surface area (Å²) in [4.78, 5) is 14.4. The number of nitriles is 1. The summed E-state index contributed by atoms with van der Waals surface area (Å²) in [5.74, 6) is 0.465. The highest BCUT2D eigenvalue weighted by molar-refractivity contribution is 7.99. The van der Waals surface area contributed by atoms with Gasteiger partial charge in [-0.05, 0) is 38.1 Å². The number of rotatable bonds is 7. The molecule has 142 valence electrons. The summed E-state index contributed by atoms with van der Waals surface area (Å²) in [6.07, 6.45) is 0.266. The van der Waals surface area contributed by atoms with Gasteiger partial charge in [0.1, 0.15) is 0 Å². The van der Waals surface area contributed by atoms with Gasteiger partial charge in [0, 0.05) is 17.8 Å². The standard InChI is InChI=1S/C21H20N4O2S/c1-15-7-9-18(10-8-15)25(12-4-11-22)19(26)14-28-21-24-23-20(27-21)17-6-3-5-16(2)13-17/h3,5-10,13H,4,12,14H2,1-2H3. The fraction of sp³-hybridized carbons (Fsp3) is 0.238. The average molecular weight is 392 g/mol. The smallest absolute Gasteiger partial charge is 0.277 e. The molecule has 1 amide bonds. The summed E-state index contributed by atoms with van der Waals surface area (Å²) in [6.45, 7) is 4.33. The first kappa shape index (κ1) is 19.6. The predicted molar refractivity (Wildman–Crippen MR) is 109 cm³/mol. The zero-order valence-corrected chi connectivity index (χ0v) is 16.6. The lowest BCUT2D eigenvalue weighted by Gasteiger charge is -2.21. The van der Waals surface area contributed by atoms with Crippen LogP contribution in [-0.2, 0) is 4.79 Å². The van der Waals surface area contributed by atoms with Crippen LogP contribution in [0, 0.1) is 25.2 Å². The van der Waals surface area contributed by atoms with Crippen molar-refractivity contribution in [2.45, 2.75) is 25.5 Å². The van der Waals surface area contributed by atoms with Crippen molar-refractivity contribution >= 4 is 23.4 Å². The molecule has 0 spiro atoms. The number of amides is 1. The van der Waals surface area contributed by atoms with Crippen LogP contribution >= 0.6 is 11.8 Å². The van der Waals surface area contributed by atoms with E-state index in [-0.39, 0.29) is 18.1 Å². The summed E-state index contributed by atoms with van der Waals surface area (Å²) in [6, 6.07) is 17.6. The van der Waals surface area contributed by atoms with Crippen molar-refractivity contribution in [2.75, 3.05) is 17.2 Å². The van der Waals surface area contributed by atoms with E-state index in [9.17, 15) is 4.79 Å². The molecule has 28 heavy (non-hydrogen) atoms. The van der Waals surface area contributed by atoms with Crippen LogP contribution in [0.5, 0.6) is 0 Å². The average Bonchev–Trinajstić information content (AvgIpc) is 3.17. The van der Waals surface area contributed by atoms with Gasteiger partial charge < -0.3 is 9.32 Å². The lowest BCUT2D eigenvalue weighted by molar-refractivity contribution is -0.116. The second-order valence-electron chi connectivity index (χ2n) is 6.32. The molecule has 0 unspecified atom stereocenters. The Balaban J connectivity index is 1.67. The molecular weight excluding hydrogens is 372 g/mol. The molecule has 0 radical (unpaired) electrons. The third kappa shape index (κ3) is 4.99. The minimum Gasteiger partial charge on any atom is -0.411 e. The Morgan fingerprint density at radius 2 is 1.93 bits per heavy atom. The van der Waals surface area contributed by atoms with Crippen LogP contribution in [-0.4, -0.2) is 28.4 Å². The molecule has 0 fully saturated rings. The van der Waals surface area contributed by atoms with Gasteiger partial charge >= 0.3 is 0 Å². The van der Waals surface area contributed by atoms with Crippen molar-refractivity contribution in [1.82, 2.24) is 10.2 Å². The van der Waals surface area contributed by atoms with Gasteiger partial charge in [0.2, 0.25) is 11.8 Å². The molecule has 2 aromatic carbocycles. The minimum absolute atomic E-state index is 0.112. The molecule has 7 heteroatoms. The zero-order valence-electron chi connectivity index (χ0n) is 15.8. The van der Waals surface area contributed by atoms with Gasteiger partial charge in [-0.25, -0.2) is 0 Å². The number of hydrogen-bond acceptors (Lipinski definition) is 6. The van der Waals surface area contributed by atoms with Crippen molar-refractivity contribution in [2.24, 2.45) is 0 Å². The molecule has 0 aliphatic carbocycles. The highest BCUT2D eigenvalue weighted by Crippen LogP contribution is 2.25. The monoisotopic (exact) mass is 392 g/mol. The second-order valence-corrected chi connectivity index (χ2v) is 7.25. The number of hydrogen-bond donors (Lipinski definition) is 0. The minimum atomic E-state index is -0.112. The number of nitrogens with zero attached hydrogens (tertiary/aromatic N) is 4. The van der Waals surface area contributed by atoms with Crippen molar-refractivity contribution in [3.05, 3.63) is 59.7 Å². The molecule has 3 aromatic rings. The first-order valence-corrected chi connectivity index (χ1v) is 9.82. The van der Waals surface area contributed by atoms with Gasteiger partial charge in [-0.3, -0.25) is 4.79 Å². The van der Waals surface area contributed by atoms with Gasteiger partial charge in [-0.2, -0.15) is 5.26 Å². The number of aryl methyl sites for hydroxylation is 2. The number of carbonyl (C=O) groups excluding carboxylic acids is 1. The van der Waals surface area contributed by atoms with E-state index in [2.05, 4.69) is 16.3 Å². The van der Waals surface area contributed by atoms with Crippen LogP contribution in [0.2, 0.25) is 0 Å². The summed E-state index contributed by atoms with van der Waals surface area (Å²) in [7, 11) is 0. The van der Waals surface area contributed by atoms with E-state index in [4.69, 9.17) is 9.68 Å². The van der Waals surface area contributed by atoms with Gasteiger partial charge in [-0.15, -0.1) is 10.2 Å². The Morgan fingerprint density at radius 1 is 1.14 bits per heavy atom. The molecule has 1 aromatic heterocycles. The highest BCUT2D eigenvalue weighted by atomic mass is 32.2. The lowest BCUT2D eigenvalue weighted by Crippen LogP contribution is -2.33. The van der Waals surface area contributed by atoms with E-state index >= 15 is 0 Å². The number of anilines is 1. The van der Waals surface area contributed by atoms with Gasteiger partial charge in [0.15, 0.2) is 0 Å². The number of thioether (sulfide) groups is 1. The van der Waals surface area contributed by atoms with E-state index in [1.54, 1.807) is 4.90 Å². The number of benzene rings is 2. The molecular formula is C21H20N4O2S. The maximum absolute atomic E-state index is 12.7. The van der Waals surface area contributed by atoms with Gasteiger partial charge in [-0.1, -0.05) is 47.2 Å². The van der Waals surface area contributed by atoms with Crippen LogP contribution in [0.25, 0.3) is 11.5 Å². The Morgan fingerprint density at radius 3 is 2.64 bits per heavy atom. The Hall–Kier alpha value is -3.11. The van der Waals surface area contributed by atoms with E-state index < -0.39 is 0 Å². The van der Waals surface area contributed by atoms with Crippen molar-refractivity contribution < 1.29 is 9.21 Å². The Bertz CT molecular complexity index is 992. The van der Waals surface area contributed by atoms with Crippen LogP contribution in [0.1, 0.15) is 17.5 Å². The van der Waals surface area contributed by atoms with Crippen LogP contribution in [0.4, 0.5) is 5.69 Å². The van der Waals surface area contributed by atoms with E-state index in [0.29, 0.717) is 17.7 Å². The molecule has 6 nitrogen and oxygen atoms in total. The Labute approximate surface area is 168 Å². The van der Waals surface area contributed by atoms with Crippen molar-refractivity contribution in [1.29, 1.82) is 5.26 Å². The largest absolute Gasteiger partial charge is 0.411 e. The second kappa shape index (κ2) is 9.20. The van der Waals surface area contributed by atoms with Crippen LogP contribution in [0.15, 0.2) is 58.2 Å². The van der Waals surface area contributed by atoms with Crippen molar-refractivity contribution in [3.8, 4) is 17.5 Å². The molecule has 0 saturated heterocycles. The normalized spacial score (nSPS) is 10.5. The third-order valence-electron chi connectivity index (χ3n) is 4.08. The molecule has 0 N–H and O–H groups in total. The quantitative estimate of drug-likeness (QED) is 0.555. The molecule has 1 heterocycles. The summed E-state index contributed by atoms with van der Waals surface area (Å²) >= 11 is 1.19. The van der Waals surface area contributed by atoms with E-state index in [1.165, 1.54) is 11.8 Å². The zero-order chi connectivity index (χ0) is 19.9. The summed E-state index contributed by atoms with van der Waals surface area (Å²) in [5, 5.41) is 17.3. The third-order valence-corrected chi connectivity index (χ3v) is 4.89. The molecule has 0 aliphatic rings. The molecule has 0 saturated carbocycles. The highest BCUT2D eigenvalue weighted by Gasteiger charge is 2.18. The SMILES string of the molecule is Cc1ccc(N(CCC#N)C(=O)CSc2nnc(-c3cccc(C)c3)o2)cc1. The topological polar surface area (TPSA) is 83.0 Å². The molecule has 3 rings (SSSR count). The molecule has 0 aliphatic heterocycles. The van der Waals surface area contributed by atoms with Crippen molar-refractivity contribution in [3.63, 3.8) is 0 Å². The molecule has 0 bridgehead atoms. The van der Waals surface area contributed by atoms with Crippen LogP contribution < -0.4 is 4.90 Å². The Kier molecular flexibility index (Phi) is 6.45. The summed E-state index contributed by atoms with van der Waals surface area (Å²) in [5.41, 5.74) is 3.84. The number of carbonyl (C=O) groups is 1. The van der Waals surface area contributed by atoms with Gasteiger partial charge in [0.25, 0.3) is 5.22 Å². The maximum atomic E-state index is 12.7. The predicted octanol–water partition coefficient (Wildman–Crippen LogP) is 4.39. The lowest BCUT2D eigenvalue weighted by atomic mass is 10.1. The number of aromatic nitrogens is 2. The first-order chi connectivity index (χ1) is 13.6. The first-order valence-electron chi connectivity index (χ1n) is 8.84. The van der Waals surface area contributed by atoms with Crippen LogP contribution in [0.3, 0.4) is 0 Å². The van der Waals surface area contributed by atoms with E-state index in [1.807, 2.05) is 62.4 Å². The molecule has 0 atom stereocenters. The fourth-order valence-corrected chi connectivity index (χ4v) is 3.29. The van der Waals surface area contributed by atoms with Gasteiger partial charge in [0.05, 0.1) is 18.2 Å².